The molecule has 7 nitrogen and oxygen atoms in total. The number of hydrogen-bond donors (Lipinski definition) is 1. The van der Waals surface area contributed by atoms with Gasteiger partial charge in [-0.15, -0.1) is 0 Å². The van der Waals surface area contributed by atoms with Crippen LogP contribution in [0.25, 0.3) is 0 Å². The number of aryl methyl sites for hydroxylation is 2. The van der Waals surface area contributed by atoms with Gasteiger partial charge in [0.05, 0.1) is 11.5 Å². The van der Waals surface area contributed by atoms with E-state index >= 15 is 0 Å². The van der Waals surface area contributed by atoms with Gasteiger partial charge >= 0.3 is 0 Å². The van der Waals surface area contributed by atoms with Crippen molar-refractivity contribution in [1.82, 2.24) is 4.90 Å². The van der Waals surface area contributed by atoms with Crippen molar-refractivity contribution in [3.05, 3.63) is 63.2 Å². The number of nitro groups is 1. The minimum Gasteiger partial charge on any atom is -0.369 e. The predicted octanol–water partition coefficient (Wildman–Crippen LogP) is 3.28. The van der Waals surface area contributed by atoms with Gasteiger partial charge in [0, 0.05) is 49.7 Å². The molecule has 0 aliphatic carbocycles. The second-order valence-electron chi connectivity index (χ2n) is 7.29. The molecule has 28 heavy (non-hydrogen) atoms. The molecule has 0 aromatic heterocycles. The molecule has 148 valence electrons. The Labute approximate surface area is 165 Å². The zero-order valence-corrected chi connectivity index (χ0v) is 16.6. The molecule has 1 aliphatic heterocycles. The van der Waals surface area contributed by atoms with E-state index in [1.54, 1.807) is 13.0 Å². The van der Waals surface area contributed by atoms with E-state index in [9.17, 15) is 14.9 Å². The molecule has 0 radical (unpaired) electrons. The molecule has 2 aromatic carbocycles. The van der Waals surface area contributed by atoms with Crippen LogP contribution in [0.2, 0.25) is 0 Å². The first-order chi connectivity index (χ1) is 13.3. The monoisotopic (exact) mass is 382 g/mol. The molecule has 2 aromatic rings. The Kier molecular flexibility index (Phi) is 5.94. The first-order valence-electron chi connectivity index (χ1n) is 9.43. The molecule has 0 unspecified atom stereocenters. The van der Waals surface area contributed by atoms with Crippen molar-refractivity contribution < 1.29 is 9.72 Å². The molecule has 0 bridgehead atoms. The van der Waals surface area contributed by atoms with Crippen molar-refractivity contribution >= 4 is 23.0 Å². The van der Waals surface area contributed by atoms with Gasteiger partial charge in [-0.05, 0) is 49.6 Å². The summed E-state index contributed by atoms with van der Waals surface area (Å²) in [5.74, 6) is -0.0999. The summed E-state index contributed by atoms with van der Waals surface area (Å²) < 4.78 is 0. The Bertz CT molecular complexity index is 889. The highest BCUT2D eigenvalue weighted by Gasteiger charge is 2.21. The van der Waals surface area contributed by atoms with E-state index in [0.717, 1.165) is 26.2 Å². The quantitative estimate of drug-likeness (QED) is 0.634. The Morgan fingerprint density at radius 2 is 1.79 bits per heavy atom. The molecule has 0 spiro atoms. The standard InChI is InChI=1S/C21H26N4O3/c1-15-5-4-6-20(17(15)3)24-11-9-23(10-12-24)14-21(26)22-19-8-7-18(25(27)28)13-16(19)2/h4-8,13H,9-12,14H2,1-3H3,(H,22,26). The number of carbonyl (C=O) groups is 1. The summed E-state index contributed by atoms with van der Waals surface area (Å²) in [7, 11) is 0. The number of anilines is 2. The Hall–Kier alpha value is -2.93. The molecule has 3 rings (SSSR count). The number of nitro benzene ring substituents is 1. The average Bonchev–Trinajstić information content (AvgIpc) is 2.66. The SMILES string of the molecule is Cc1cc([N+](=O)[O-])ccc1NC(=O)CN1CCN(c2cccc(C)c2C)CC1. The molecule has 1 heterocycles. The van der Waals surface area contributed by atoms with Gasteiger partial charge in [-0.1, -0.05) is 12.1 Å². The topological polar surface area (TPSA) is 78.7 Å². The fourth-order valence-corrected chi connectivity index (χ4v) is 3.52. The summed E-state index contributed by atoms with van der Waals surface area (Å²) >= 11 is 0. The van der Waals surface area contributed by atoms with E-state index in [4.69, 9.17) is 0 Å². The van der Waals surface area contributed by atoms with Crippen molar-refractivity contribution in [2.24, 2.45) is 0 Å². The van der Waals surface area contributed by atoms with Crippen LogP contribution in [-0.4, -0.2) is 48.5 Å². The maximum atomic E-state index is 12.4. The summed E-state index contributed by atoms with van der Waals surface area (Å²) in [4.78, 5) is 27.3. The van der Waals surface area contributed by atoms with Crippen molar-refractivity contribution in [1.29, 1.82) is 0 Å². The van der Waals surface area contributed by atoms with Crippen LogP contribution >= 0.6 is 0 Å². The number of nitrogens with zero attached hydrogens (tertiary/aromatic N) is 3. The molecule has 0 saturated carbocycles. The van der Waals surface area contributed by atoms with Crippen LogP contribution in [0.1, 0.15) is 16.7 Å². The van der Waals surface area contributed by atoms with Gasteiger partial charge in [-0.3, -0.25) is 19.8 Å². The highest BCUT2D eigenvalue weighted by atomic mass is 16.6. The number of non-ortho nitro benzene ring substituents is 1. The van der Waals surface area contributed by atoms with Gasteiger partial charge in [0.1, 0.15) is 0 Å². The zero-order chi connectivity index (χ0) is 20.3. The van der Waals surface area contributed by atoms with Gasteiger partial charge in [-0.2, -0.15) is 0 Å². The lowest BCUT2D eigenvalue weighted by atomic mass is 10.1. The smallest absolute Gasteiger partial charge is 0.269 e. The maximum Gasteiger partial charge on any atom is 0.269 e. The zero-order valence-electron chi connectivity index (χ0n) is 16.6. The predicted molar refractivity (Wildman–Crippen MR) is 111 cm³/mol. The normalized spacial score (nSPS) is 14.8. The number of nitrogens with one attached hydrogen (secondary N) is 1. The van der Waals surface area contributed by atoms with Crippen molar-refractivity contribution in [3.8, 4) is 0 Å². The number of hydrogen-bond acceptors (Lipinski definition) is 5. The Balaban J connectivity index is 1.54. The number of amides is 1. The second-order valence-corrected chi connectivity index (χ2v) is 7.29. The third-order valence-corrected chi connectivity index (χ3v) is 5.35. The number of carbonyl (C=O) groups excluding carboxylic acids is 1. The number of rotatable bonds is 5. The van der Waals surface area contributed by atoms with Crippen LogP contribution < -0.4 is 10.2 Å². The van der Waals surface area contributed by atoms with E-state index < -0.39 is 4.92 Å². The van der Waals surface area contributed by atoms with Crippen molar-refractivity contribution in [2.45, 2.75) is 20.8 Å². The van der Waals surface area contributed by atoms with E-state index in [1.807, 2.05) is 0 Å². The number of piperazine rings is 1. The van der Waals surface area contributed by atoms with Crippen molar-refractivity contribution in [2.75, 3.05) is 42.9 Å². The summed E-state index contributed by atoms with van der Waals surface area (Å²) in [6.07, 6.45) is 0. The van der Waals surface area contributed by atoms with Crippen LogP contribution in [0.3, 0.4) is 0 Å². The van der Waals surface area contributed by atoms with E-state index in [2.05, 4.69) is 47.2 Å². The summed E-state index contributed by atoms with van der Waals surface area (Å²) in [6.45, 7) is 9.75. The van der Waals surface area contributed by atoms with Crippen LogP contribution in [0.5, 0.6) is 0 Å². The molecular formula is C21H26N4O3. The van der Waals surface area contributed by atoms with Crippen LogP contribution in [0.4, 0.5) is 17.1 Å². The lowest BCUT2D eigenvalue weighted by molar-refractivity contribution is -0.384. The first kappa shape index (κ1) is 19.8. The third kappa shape index (κ3) is 4.48. The fraction of sp³-hybridized carbons (Fsp3) is 0.381. The minimum absolute atomic E-state index is 0.0260. The molecule has 1 saturated heterocycles. The van der Waals surface area contributed by atoms with E-state index in [0.29, 0.717) is 17.8 Å². The maximum absolute atomic E-state index is 12.4. The fourth-order valence-electron chi connectivity index (χ4n) is 3.52. The minimum atomic E-state index is -0.436. The molecular weight excluding hydrogens is 356 g/mol. The first-order valence-corrected chi connectivity index (χ1v) is 9.43. The van der Waals surface area contributed by atoms with Gasteiger partial charge in [0.15, 0.2) is 0 Å². The summed E-state index contributed by atoms with van der Waals surface area (Å²) in [6, 6.07) is 10.8. The Morgan fingerprint density at radius 1 is 1.07 bits per heavy atom. The van der Waals surface area contributed by atoms with E-state index in [1.165, 1.54) is 28.9 Å². The van der Waals surface area contributed by atoms with Gasteiger partial charge in [0.25, 0.3) is 5.69 Å². The highest BCUT2D eigenvalue weighted by molar-refractivity contribution is 5.93. The van der Waals surface area contributed by atoms with Gasteiger partial charge in [-0.25, -0.2) is 0 Å². The largest absolute Gasteiger partial charge is 0.369 e. The molecule has 1 aliphatic rings. The average molecular weight is 382 g/mol. The molecule has 1 fully saturated rings. The van der Waals surface area contributed by atoms with Crippen LogP contribution in [0.15, 0.2) is 36.4 Å². The van der Waals surface area contributed by atoms with Gasteiger partial charge < -0.3 is 10.2 Å². The molecule has 0 atom stereocenters. The highest BCUT2D eigenvalue weighted by Crippen LogP contribution is 2.24. The van der Waals surface area contributed by atoms with Gasteiger partial charge in [0.2, 0.25) is 5.91 Å². The van der Waals surface area contributed by atoms with E-state index in [-0.39, 0.29) is 11.6 Å². The lowest BCUT2D eigenvalue weighted by Crippen LogP contribution is -2.48. The molecule has 7 heteroatoms. The number of benzene rings is 2. The molecule has 1 amide bonds. The second kappa shape index (κ2) is 8.39. The lowest BCUT2D eigenvalue weighted by Gasteiger charge is -2.36. The Morgan fingerprint density at radius 3 is 2.43 bits per heavy atom. The van der Waals surface area contributed by atoms with Crippen LogP contribution in [-0.2, 0) is 4.79 Å². The summed E-state index contributed by atoms with van der Waals surface area (Å²) in [5, 5.41) is 13.7. The van der Waals surface area contributed by atoms with Crippen LogP contribution in [0, 0.1) is 30.9 Å². The van der Waals surface area contributed by atoms with Crippen molar-refractivity contribution in [3.63, 3.8) is 0 Å². The third-order valence-electron chi connectivity index (χ3n) is 5.35. The molecule has 1 N–H and O–H groups in total. The summed E-state index contributed by atoms with van der Waals surface area (Å²) in [5.41, 5.74) is 5.19.